The number of halogens is 3. The summed E-state index contributed by atoms with van der Waals surface area (Å²) in [7, 11) is 0. The molecule has 0 aliphatic rings. The van der Waals surface area contributed by atoms with Crippen LogP contribution in [-0.4, -0.2) is 11.5 Å². The molecule has 0 aromatic heterocycles. The van der Waals surface area contributed by atoms with Crippen molar-refractivity contribution in [2.45, 2.75) is 12.3 Å². The Morgan fingerprint density at radius 2 is 1.80 bits per heavy atom. The summed E-state index contributed by atoms with van der Waals surface area (Å²) in [5.41, 5.74) is -0.411. The van der Waals surface area contributed by atoms with Crippen LogP contribution in [-0.2, 0) is 5.92 Å². The minimum atomic E-state index is -3.29. The van der Waals surface area contributed by atoms with Crippen LogP contribution < -0.4 is 0 Å². The van der Waals surface area contributed by atoms with E-state index in [0.717, 1.165) is 24.3 Å². The van der Waals surface area contributed by atoms with E-state index in [9.17, 15) is 23.3 Å². The largest absolute Gasteiger partial charge is 0.279 e. The smallest absolute Gasteiger partial charge is 0.265 e. The summed E-state index contributed by atoms with van der Waals surface area (Å²) in [4.78, 5) is 9.14. The molecule has 0 unspecified atom stereocenters. The standard InChI is InChI=1S/C9H8F3NO2/c10-8-3-1-7(2-4-8)9(11,12)5-6-13(14)15/h1-4H,5-6H2. The normalized spacial score (nSPS) is 11.4. The minimum Gasteiger partial charge on any atom is -0.265 e. The number of alkyl halides is 2. The van der Waals surface area contributed by atoms with E-state index >= 15 is 0 Å². The molecule has 0 saturated carbocycles. The SMILES string of the molecule is O=[N+]([O-])CCC(F)(F)c1ccc(F)cc1. The second-order valence-corrected chi connectivity index (χ2v) is 3.02. The second-order valence-electron chi connectivity index (χ2n) is 3.02. The molecule has 0 heterocycles. The first-order chi connectivity index (χ1) is 6.92. The highest BCUT2D eigenvalue weighted by Crippen LogP contribution is 2.31. The Kier molecular flexibility index (Phi) is 3.28. The Morgan fingerprint density at radius 1 is 1.27 bits per heavy atom. The zero-order chi connectivity index (χ0) is 11.5. The molecule has 0 N–H and O–H groups in total. The average molecular weight is 219 g/mol. The zero-order valence-corrected chi connectivity index (χ0v) is 7.62. The molecule has 0 atom stereocenters. The van der Waals surface area contributed by atoms with Crippen LogP contribution in [0.15, 0.2) is 24.3 Å². The van der Waals surface area contributed by atoms with Crippen LogP contribution in [0.3, 0.4) is 0 Å². The molecule has 0 aliphatic carbocycles. The third-order valence-corrected chi connectivity index (χ3v) is 1.87. The Hall–Kier alpha value is -1.59. The van der Waals surface area contributed by atoms with Crippen LogP contribution in [0.25, 0.3) is 0 Å². The van der Waals surface area contributed by atoms with Crippen molar-refractivity contribution in [1.29, 1.82) is 0 Å². The Bertz CT molecular complexity index is 351. The summed E-state index contributed by atoms with van der Waals surface area (Å²) in [5.74, 6) is -3.91. The van der Waals surface area contributed by atoms with Gasteiger partial charge < -0.3 is 0 Å². The second kappa shape index (κ2) is 4.29. The lowest BCUT2D eigenvalue weighted by molar-refractivity contribution is -0.484. The van der Waals surface area contributed by atoms with Crippen molar-refractivity contribution in [3.8, 4) is 0 Å². The van der Waals surface area contributed by atoms with E-state index in [1.54, 1.807) is 0 Å². The minimum absolute atomic E-state index is 0.411. The molecule has 0 bridgehead atoms. The molecule has 0 aliphatic heterocycles. The fraction of sp³-hybridized carbons (Fsp3) is 0.333. The molecular weight excluding hydrogens is 211 g/mol. The van der Waals surface area contributed by atoms with Gasteiger partial charge in [0.05, 0.1) is 6.42 Å². The van der Waals surface area contributed by atoms with Crippen LogP contribution in [0.1, 0.15) is 12.0 Å². The van der Waals surface area contributed by atoms with Gasteiger partial charge in [-0.15, -0.1) is 0 Å². The predicted octanol–water partition coefficient (Wildman–Crippen LogP) is 2.58. The van der Waals surface area contributed by atoms with Gasteiger partial charge in [0.15, 0.2) is 0 Å². The number of nitrogens with zero attached hydrogens (tertiary/aromatic N) is 1. The highest BCUT2D eigenvalue weighted by Gasteiger charge is 2.33. The van der Waals surface area contributed by atoms with Crippen LogP contribution >= 0.6 is 0 Å². The van der Waals surface area contributed by atoms with Crippen molar-refractivity contribution >= 4 is 0 Å². The maximum Gasteiger partial charge on any atom is 0.279 e. The molecular formula is C9H8F3NO2. The van der Waals surface area contributed by atoms with E-state index < -0.39 is 35.2 Å². The first kappa shape index (κ1) is 11.5. The highest BCUT2D eigenvalue weighted by molar-refractivity contribution is 5.20. The lowest BCUT2D eigenvalue weighted by atomic mass is 10.1. The molecule has 0 radical (unpaired) electrons. The van der Waals surface area contributed by atoms with Crippen molar-refractivity contribution in [2.75, 3.05) is 6.54 Å². The Labute approximate surface area is 83.7 Å². The summed E-state index contributed by atoms with van der Waals surface area (Å²) in [6, 6.07) is 3.65. The van der Waals surface area contributed by atoms with Gasteiger partial charge in [-0.05, 0) is 12.1 Å². The summed E-state index contributed by atoms with van der Waals surface area (Å²) >= 11 is 0. The van der Waals surface area contributed by atoms with Crippen molar-refractivity contribution in [3.63, 3.8) is 0 Å². The fourth-order valence-electron chi connectivity index (χ4n) is 1.07. The quantitative estimate of drug-likeness (QED) is 0.577. The molecule has 1 aromatic rings. The van der Waals surface area contributed by atoms with Crippen molar-refractivity contribution in [3.05, 3.63) is 45.8 Å². The number of benzene rings is 1. The number of hydrogen-bond acceptors (Lipinski definition) is 2. The predicted molar refractivity (Wildman–Crippen MR) is 46.8 cm³/mol. The van der Waals surface area contributed by atoms with Crippen LogP contribution in [0.5, 0.6) is 0 Å². The first-order valence-corrected chi connectivity index (χ1v) is 4.17. The molecule has 15 heavy (non-hydrogen) atoms. The number of rotatable bonds is 4. The molecule has 1 aromatic carbocycles. The van der Waals surface area contributed by atoms with Gasteiger partial charge >= 0.3 is 0 Å². The van der Waals surface area contributed by atoms with Gasteiger partial charge in [-0.3, -0.25) is 10.1 Å². The topological polar surface area (TPSA) is 43.1 Å². The Balaban J connectivity index is 2.76. The molecule has 3 nitrogen and oxygen atoms in total. The lowest BCUT2D eigenvalue weighted by Crippen LogP contribution is -2.18. The lowest BCUT2D eigenvalue weighted by Gasteiger charge is -2.14. The van der Waals surface area contributed by atoms with E-state index in [1.807, 2.05) is 0 Å². The van der Waals surface area contributed by atoms with Crippen LogP contribution in [0, 0.1) is 15.9 Å². The molecule has 0 spiro atoms. The van der Waals surface area contributed by atoms with E-state index in [2.05, 4.69) is 0 Å². The summed E-state index contributed by atoms with van der Waals surface area (Å²) < 4.78 is 38.9. The number of hydrogen-bond donors (Lipinski definition) is 0. The highest BCUT2D eigenvalue weighted by atomic mass is 19.3. The van der Waals surface area contributed by atoms with Crippen LogP contribution in [0.2, 0.25) is 0 Å². The maximum atomic E-state index is 13.2. The fourth-order valence-corrected chi connectivity index (χ4v) is 1.07. The summed E-state index contributed by atoms with van der Waals surface area (Å²) in [6.45, 7) is -0.815. The maximum absolute atomic E-state index is 13.2. The zero-order valence-electron chi connectivity index (χ0n) is 7.62. The van der Waals surface area contributed by atoms with E-state index in [0.29, 0.717) is 0 Å². The molecule has 1 rings (SSSR count). The molecule has 0 amide bonds. The third-order valence-electron chi connectivity index (χ3n) is 1.87. The van der Waals surface area contributed by atoms with E-state index in [-0.39, 0.29) is 0 Å². The van der Waals surface area contributed by atoms with Gasteiger partial charge in [0, 0.05) is 10.5 Å². The van der Waals surface area contributed by atoms with Gasteiger partial charge in [0.1, 0.15) is 5.82 Å². The van der Waals surface area contributed by atoms with Gasteiger partial charge in [-0.1, -0.05) is 12.1 Å². The van der Waals surface area contributed by atoms with Crippen LogP contribution in [0.4, 0.5) is 13.2 Å². The van der Waals surface area contributed by atoms with Gasteiger partial charge in [0.25, 0.3) is 5.92 Å². The first-order valence-electron chi connectivity index (χ1n) is 4.17. The molecule has 82 valence electrons. The molecule has 0 saturated heterocycles. The van der Waals surface area contributed by atoms with Gasteiger partial charge in [0.2, 0.25) is 6.54 Å². The van der Waals surface area contributed by atoms with E-state index in [4.69, 9.17) is 0 Å². The summed E-state index contributed by atoms with van der Waals surface area (Å²) in [6.07, 6.45) is -0.883. The van der Waals surface area contributed by atoms with Crippen molar-refractivity contribution < 1.29 is 18.1 Å². The summed E-state index contributed by atoms with van der Waals surface area (Å²) in [5, 5.41) is 9.94. The van der Waals surface area contributed by atoms with E-state index in [1.165, 1.54) is 0 Å². The molecule has 6 heteroatoms. The van der Waals surface area contributed by atoms with Gasteiger partial charge in [-0.25, -0.2) is 13.2 Å². The average Bonchev–Trinajstić information content (AvgIpc) is 2.16. The van der Waals surface area contributed by atoms with Crippen molar-refractivity contribution in [2.24, 2.45) is 0 Å². The van der Waals surface area contributed by atoms with Crippen molar-refractivity contribution in [1.82, 2.24) is 0 Å². The monoisotopic (exact) mass is 219 g/mol. The van der Waals surface area contributed by atoms with Gasteiger partial charge in [-0.2, -0.15) is 0 Å². The third kappa shape index (κ3) is 3.23. The molecule has 0 fully saturated rings. The number of nitro groups is 1. The Morgan fingerprint density at radius 3 is 2.27 bits per heavy atom.